The molecule has 10 nitrogen and oxygen atoms in total. The van der Waals surface area contributed by atoms with Crippen LogP contribution in [0.3, 0.4) is 0 Å². The number of methoxy groups -OCH3 is 2. The topological polar surface area (TPSA) is 148 Å². The molecule has 40 heavy (non-hydrogen) atoms. The van der Waals surface area contributed by atoms with Crippen molar-refractivity contribution in [3.05, 3.63) is 58.2 Å². The Kier molecular flexibility index (Phi) is 6.95. The van der Waals surface area contributed by atoms with Gasteiger partial charge < -0.3 is 19.7 Å². The minimum atomic E-state index is -1.11. The molecule has 4 unspecified atom stereocenters. The van der Waals surface area contributed by atoms with Gasteiger partial charge in [-0.3, -0.25) is 28.9 Å². The molecule has 1 aromatic rings. The molecule has 1 heterocycles. The molecule has 5 rings (SSSR count). The molecule has 1 aromatic carbocycles. The predicted octanol–water partition coefficient (Wildman–Crippen LogP) is 2.86. The summed E-state index contributed by atoms with van der Waals surface area (Å²) in [6.45, 7) is 1.37. The van der Waals surface area contributed by atoms with Gasteiger partial charge in [0.1, 0.15) is 0 Å². The molecule has 0 saturated carbocycles. The number of aromatic hydroxyl groups is 1. The van der Waals surface area contributed by atoms with Crippen LogP contribution in [-0.4, -0.2) is 65.2 Å². The van der Waals surface area contributed by atoms with E-state index < -0.39 is 41.5 Å². The highest BCUT2D eigenvalue weighted by molar-refractivity contribution is 6.23. The summed E-state index contributed by atoms with van der Waals surface area (Å²) < 4.78 is 10.5. The molecule has 0 radical (unpaired) electrons. The third-order valence-corrected chi connectivity index (χ3v) is 8.23. The van der Waals surface area contributed by atoms with E-state index in [4.69, 9.17) is 14.6 Å². The van der Waals surface area contributed by atoms with Gasteiger partial charge in [0.2, 0.25) is 17.6 Å². The monoisotopic (exact) mass is 547 g/mol. The first-order valence-corrected chi connectivity index (χ1v) is 13.0. The van der Waals surface area contributed by atoms with Crippen LogP contribution in [0.25, 0.3) is 6.08 Å². The Morgan fingerprint density at radius 1 is 1.07 bits per heavy atom. The van der Waals surface area contributed by atoms with Gasteiger partial charge in [0, 0.05) is 29.2 Å². The van der Waals surface area contributed by atoms with Crippen molar-refractivity contribution in [3.63, 3.8) is 0 Å². The summed E-state index contributed by atoms with van der Waals surface area (Å²) in [4.78, 5) is 65.3. The molecule has 0 aromatic heterocycles. The average Bonchev–Trinajstić information content (AvgIpc) is 3.18. The zero-order chi connectivity index (χ0) is 28.9. The number of ketones is 2. The SMILES string of the molecule is COc1cc(C=CC2C3=CCC4C(=O)N(CCC(=O)O)C(=O)C4C3CC3=C2C(=O)C=C(C)C3=O)cc(OC)c1O. The first-order valence-electron chi connectivity index (χ1n) is 13.0. The van der Waals surface area contributed by atoms with Gasteiger partial charge in [-0.1, -0.05) is 23.8 Å². The van der Waals surface area contributed by atoms with Crippen molar-refractivity contribution in [2.24, 2.45) is 23.7 Å². The first-order chi connectivity index (χ1) is 19.1. The molecule has 3 aliphatic carbocycles. The third kappa shape index (κ3) is 4.33. The number of likely N-dealkylation sites (tertiary alicyclic amines) is 1. The quantitative estimate of drug-likeness (QED) is 0.299. The van der Waals surface area contributed by atoms with E-state index in [0.717, 1.165) is 10.5 Å². The van der Waals surface area contributed by atoms with Crippen LogP contribution in [0.4, 0.5) is 0 Å². The summed E-state index contributed by atoms with van der Waals surface area (Å²) in [5, 5.41) is 19.4. The highest BCUT2D eigenvalue weighted by Crippen LogP contribution is 2.52. The molecule has 4 atom stereocenters. The minimum absolute atomic E-state index is 0.148. The number of nitrogens with zero attached hydrogens (tertiary/aromatic N) is 1. The average molecular weight is 548 g/mol. The van der Waals surface area contributed by atoms with Crippen molar-refractivity contribution in [1.29, 1.82) is 0 Å². The molecule has 1 aliphatic heterocycles. The number of benzene rings is 1. The smallest absolute Gasteiger partial charge is 0.305 e. The van der Waals surface area contributed by atoms with E-state index in [1.807, 2.05) is 6.08 Å². The molecule has 2 N–H and O–H groups in total. The lowest BCUT2D eigenvalue weighted by Gasteiger charge is -2.41. The standard InChI is InChI=1S/C30H29NO9/c1-14-10-21(32)25-17(5-4-15-11-22(39-2)28(36)23(12-15)40-3)16-6-7-18-26(19(16)13-20(25)27(14)35)30(38)31(29(18)37)9-8-24(33)34/h4-6,10-12,17-19,26,36H,7-9,13H2,1-3H3,(H,33,34). The summed E-state index contributed by atoms with van der Waals surface area (Å²) in [5.74, 6) is -4.76. The maximum Gasteiger partial charge on any atom is 0.305 e. The number of carbonyl (C=O) groups excluding carboxylic acids is 4. The fraction of sp³-hybridized carbons (Fsp3) is 0.367. The number of hydrogen-bond acceptors (Lipinski definition) is 8. The second-order valence-corrected chi connectivity index (χ2v) is 10.4. The van der Waals surface area contributed by atoms with Gasteiger partial charge in [0.25, 0.3) is 0 Å². The predicted molar refractivity (Wildman–Crippen MR) is 141 cm³/mol. The highest BCUT2D eigenvalue weighted by Gasteiger charge is 2.55. The van der Waals surface area contributed by atoms with Crippen LogP contribution in [0.1, 0.15) is 31.7 Å². The first kappa shape index (κ1) is 27.1. The van der Waals surface area contributed by atoms with E-state index in [0.29, 0.717) is 22.3 Å². The molecular weight excluding hydrogens is 518 g/mol. The number of ether oxygens (including phenoxy) is 2. The molecular formula is C30H29NO9. The van der Waals surface area contributed by atoms with Gasteiger partial charge in [-0.15, -0.1) is 0 Å². The lowest BCUT2D eigenvalue weighted by molar-refractivity contribution is -0.142. The number of phenolic OH excluding ortho intramolecular Hbond substituents is 1. The van der Waals surface area contributed by atoms with E-state index in [9.17, 15) is 29.1 Å². The summed E-state index contributed by atoms with van der Waals surface area (Å²) >= 11 is 0. The normalized spacial score (nSPS) is 25.9. The zero-order valence-corrected chi connectivity index (χ0v) is 22.3. The van der Waals surface area contributed by atoms with Crippen molar-refractivity contribution in [2.45, 2.75) is 26.2 Å². The summed E-state index contributed by atoms with van der Waals surface area (Å²) in [5.41, 5.74) is 2.40. The number of imide groups is 1. The van der Waals surface area contributed by atoms with Crippen LogP contribution in [0.15, 0.2) is 52.7 Å². The molecule has 0 spiro atoms. The number of carboxylic acid groups (broad SMARTS) is 1. The Hall–Kier alpha value is -4.47. The molecule has 1 fully saturated rings. The summed E-state index contributed by atoms with van der Waals surface area (Å²) in [6, 6.07) is 3.21. The van der Waals surface area contributed by atoms with Gasteiger partial charge in [0.15, 0.2) is 23.1 Å². The van der Waals surface area contributed by atoms with Crippen LogP contribution >= 0.6 is 0 Å². The number of Topliss-reactive ketones (excluding diaryl/α,β-unsaturated/α-hetero) is 1. The maximum absolute atomic E-state index is 13.5. The van der Waals surface area contributed by atoms with E-state index in [2.05, 4.69) is 0 Å². The third-order valence-electron chi connectivity index (χ3n) is 8.23. The molecule has 10 heteroatoms. The maximum atomic E-state index is 13.5. The molecule has 0 bridgehead atoms. The van der Waals surface area contributed by atoms with Gasteiger partial charge in [-0.25, -0.2) is 0 Å². The largest absolute Gasteiger partial charge is 0.502 e. The van der Waals surface area contributed by atoms with E-state index in [1.165, 1.54) is 20.3 Å². The highest BCUT2D eigenvalue weighted by atomic mass is 16.5. The van der Waals surface area contributed by atoms with Gasteiger partial charge >= 0.3 is 5.97 Å². The van der Waals surface area contributed by atoms with Crippen LogP contribution in [0.5, 0.6) is 17.2 Å². The number of carboxylic acids is 1. The van der Waals surface area contributed by atoms with E-state index >= 15 is 0 Å². The Morgan fingerprint density at radius 3 is 2.38 bits per heavy atom. The Morgan fingerprint density at radius 2 is 1.75 bits per heavy atom. The van der Waals surface area contributed by atoms with E-state index in [1.54, 1.807) is 31.2 Å². The van der Waals surface area contributed by atoms with Crippen molar-refractivity contribution >= 4 is 35.4 Å². The van der Waals surface area contributed by atoms with Crippen LogP contribution < -0.4 is 9.47 Å². The van der Waals surface area contributed by atoms with Crippen LogP contribution in [0.2, 0.25) is 0 Å². The number of rotatable bonds is 7. The van der Waals surface area contributed by atoms with E-state index in [-0.39, 0.29) is 54.6 Å². The zero-order valence-electron chi connectivity index (χ0n) is 22.3. The van der Waals surface area contributed by atoms with Crippen LogP contribution in [0, 0.1) is 23.7 Å². The van der Waals surface area contributed by atoms with Gasteiger partial charge in [-0.05, 0) is 49.5 Å². The van der Waals surface area contributed by atoms with Crippen LogP contribution in [-0.2, 0) is 24.0 Å². The van der Waals surface area contributed by atoms with Crippen molar-refractivity contribution in [1.82, 2.24) is 4.90 Å². The Labute approximate surface area is 230 Å². The van der Waals surface area contributed by atoms with Gasteiger partial charge in [-0.2, -0.15) is 0 Å². The second kappa shape index (κ2) is 10.3. The molecule has 208 valence electrons. The number of allylic oxidation sites excluding steroid dienone is 7. The second-order valence-electron chi connectivity index (χ2n) is 10.4. The summed E-state index contributed by atoms with van der Waals surface area (Å²) in [7, 11) is 2.82. The Bertz CT molecular complexity index is 1450. The summed E-state index contributed by atoms with van der Waals surface area (Å²) in [6.07, 6.45) is 6.81. The minimum Gasteiger partial charge on any atom is -0.502 e. The fourth-order valence-corrected chi connectivity index (χ4v) is 6.37. The number of aliphatic carboxylic acids is 1. The number of fused-ring (bicyclic) bond motifs is 3. The lowest BCUT2D eigenvalue weighted by Crippen LogP contribution is -2.40. The number of carbonyl (C=O) groups is 5. The number of amides is 2. The van der Waals surface area contributed by atoms with Crippen molar-refractivity contribution in [2.75, 3.05) is 20.8 Å². The fourth-order valence-electron chi connectivity index (χ4n) is 6.37. The number of phenols is 1. The van der Waals surface area contributed by atoms with Gasteiger partial charge in [0.05, 0.1) is 32.5 Å². The Balaban J connectivity index is 1.57. The van der Waals surface area contributed by atoms with Crippen molar-refractivity contribution < 1.29 is 43.7 Å². The molecule has 4 aliphatic rings. The van der Waals surface area contributed by atoms with Crippen molar-refractivity contribution in [3.8, 4) is 17.2 Å². The molecule has 1 saturated heterocycles. The lowest BCUT2D eigenvalue weighted by atomic mass is 9.60. The molecule has 2 amide bonds. The number of hydrogen-bond donors (Lipinski definition) is 2.